The Bertz CT molecular complexity index is 439. The van der Waals surface area contributed by atoms with Crippen LogP contribution in [0.4, 0.5) is 11.4 Å². The first kappa shape index (κ1) is 13.6. The molecule has 1 amide bonds. The summed E-state index contributed by atoms with van der Waals surface area (Å²) in [5.74, 6) is 0.679. The highest BCUT2D eigenvalue weighted by molar-refractivity contribution is 5.77. The van der Waals surface area contributed by atoms with Gasteiger partial charge in [-0.2, -0.15) is 0 Å². The third kappa shape index (κ3) is 3.36. The van der Waals surface area contributed by atoms with Crippen LogP contribution in [0.15, 0.2) is 18.5 Å². The number of nitrogen functional groups attached to an aromatic ring is 1. The van der Waals surface area contributed by atoms with Gasteiger partial charge in [-0.15, -0.1) is 0 Å². The van der Waals surface area contributed by atoms with Crippen LogP contribution in [0.3, 0.4) is 0 Å². The largest absolute Gasteiger partial charge is 0.396 e. The molecular formula is C14H22N4O. The molecule has 19 heavy (non-hydrogen) atoms. The van der Waals surface area contributed by atoms with Crippen molar-refractivity contribution >= 4 is 17.3 Å². The Kier molecular flexibility index (Phi) is 4.24. The summed E-state index contributed by atoms with van der Waals surface area (Å²) in [6.45, 7) is 7.36. The van der Waals surface area contributed by atoms with Gasteiger partial charge in [-0.3, -0.25) is 9.78 Å². The van der Waals surface area contributed by atoms with Gasteiger partial charge < -0.3 is 15.5 Å². The zero-order chi connectivity index (χ0) is 13.8. The van der Waals surface area contributed by atoms with Crippen molar-refractivity contribution in [1.82, 2.24) is 9.88 Å². The van der Waals surface area contributed by atoms with E-state index in [0.29, 0.717) is 18.0 Å². The molecule has 1 aromatic rings. The summed E-state index contributed by atoms with van der Waals surface area (Å²) < 4.78 is 0. The van der Waals surface area contributed by atoms with Gasteiger partial charge >= 0.3 is 0 Å². The monoisotopic (exact) mass is 262 g/mol. The predicted molar refractivity (Wildman–Crippen MR) is 76.9 cm³/mol. The standard InChI is InChI=1S/C14H22N4O/c1-11(2)9-14(19)18-7-5-17(6-8-18)13-3-4-16-10-12(13)15/h3-4,10-11H,5-9,15H2,1-2H3. The molecular weight excluding hydrogens is 240 g/mol. The number of piperazine rings is 1. The average Bonchev–Trinajstić information content (AvgIpc) is 2.39. The van der Waals surface area contributed by atoms with Gasteiger partial charge in [0.05, 0.1) is 17.6 Å². The number of aromatic nitrogens is 1. The maximum Gasteiger partial charge on any atom is 0.222 e. The van der Waals surface area contributed by atoms with E-state index in [-0.39, 0.29) is 5.91 Å². The van der Waals surface area contributed by atoms with Crippen LogP contribution in [-0.2, 0) is 4.79 Å². The number of rotatable bonds is 3. The molecule has 0 saturated carbocycles. The molecule has 2 N–H and O–H groups in total. The molecule has 5 heteroatoms. The molecule has 0 bridgehead atoms. The SMILES string of the molecule is CC(C)CC(=O)N1CCN(c2ccncc2N)CC1. The molecule has 1 fully saturated rings. The second-order valence-electron chi connectivity index (χ2n) is 5.40. The summed E-state index contributed by atoms with van der Waals surface area (Å²) in [7, 11) is 0. The van der Waals surface area contributed by atoms with Gasteiger partial charge in [0.2, 0.25) is 5.91 Å². The van der Waals surface area contributed by atoms with Crippen molar-refractivity contribution in [2.24, 2.45) is 5.92 Å². The van der Waals surface area contributed by atoms with Gasteiger partial charge in [-0.25, -0.2) is 0 Å². The first-order valence-corrected chi connectivity index (χ1v) is 6.80. The first-order chi connectivity index (χ1) is 9.08. The highest BCUT2D eigenvalue weighted by Crippen LogP contribution is 2.22. The van der Waals surface area contributed by atoms with Crippen molar-refractivity contribution in [1.29, 1.82) is 0 Å². The number of nitrogens with two attached hydrogens (primary N) is 1. The highest BCUT2D eigenvalue weighted by atomic mass is 16.2. The van der Waals surface area contributed by atoms with Gasteiger partial charge in [-0.05, 0) is 12.0 Å². The summed E-state index contributed by atoms with van der Waals surface area (Å²) in [6.07, 6.45) is 4.06. The van der Waals surface area contributed by atoms with E-state index in [9.17, 15) is 4.79 Å². The lowest BCUT2D eigenvalue weighted by molar-refractivity contribution is -0.132. The number of amides is 1. The molecule has 2 rings (SSSR count). The summed E-state index contributed by atoms with van der Waals surface area (Å²) in [5.41, 5.74) is 7.65. The van der Waals surface area contributed by atoms with E-state index < -0.39 is 0 Å². The maximum absolute atomic E-state index is 12.0. The molecule has 2 heterocycles. The molecule has 0 aliphatic carbocycles. The van der Waals surface area contributed by atoms with E-state index in [1.807, 2.05) is 11.0 Å². The Balaban J connectivity index is 1.93. The number of nitrogens with zero attached hydrogens (tertiary/aromatic N) is 3. The molecule has 0 spiro atoms. The van der Waals surface area contributed by atoms with Gasteiger partial charge in [0.15, 0.2) is 0 Å². The number of anilines is 2. The van der Waals surface area contributed by atoms with Crippen molar-refractivity contribution in [2.75, 3.05) is 36.8 Å². The summed E-state index contributed by atoms with van der Waals surface area (Å²) in [4.78, 5) is 20.2. The third-order valence-corrected chi connectivity index (χ3v) is 3.38. The molecule has 1 aliphatic rings. The lowest BCUT2D eigenvalue weighted by Gasteiger charge is -2.36. The van der Waals surface area contributed by atoms with Crippen LogP contribution in [-0.4, -0.2) is 42.0 Å². The number of hydrogen-bond acceptors (Lipinski definition) is 4. The van der Waals surface area contributed by atoms with Crippen molar-refractivity contribution in [3.63, 3.8) is 0 Å². The Hall–Kier alpha value is -1.78. The smallest absolute Gasteiger partial charge is 0.222 e. The van der Waals surface area contributed by atoms with Gasteiger partial charge in [0.1, 0.15) is 0 Å². The van der Waals surface area contributed by atoms with Crippen LogP contribution in [0.2, 0.25) is 0 Å². The zero-order valence-electron chi connectivity index (χ0n) is 11.7. The predicted octanol–water partition coefficient (Wildman–Crippen LogP) is 1.36. The van der Waals surface area contributed by atoms with Crippen molar-refractivity contribution in [3.05, 3.63) is 18.5 Å². The quantitative estimate of drug-likeness (QED) is 0.893. The first-order valence-electron chi connectivity index (χ1n) is 6.80. The molecule has 0 unspecified atom stereocenters. The van der Waals surface area contributed by atoms with Crippen LogP contribution in [0.25, 0.3) is 0 Å². The molecule has 5 nitrogen and oxygen atoms in total. The molecule has 1 saturated heterocycles. The van der Waals surface area contributed by atoms with Crippen LogP contribution < -0.4 is 10.6 Å². The molecule has 0 aromatic carbocycles. The molecule has 0 radical (unpaired) electrons. The van der Waals surface area contributed by atoms with E-state index in [2.05, 4.69) is 23.7 Å². The normalized spacial score (nSPS) is 15.9. The number of carbonyl (C=O) groups is 1. The van der Waals surface area contributed by atoms with E-state index >= 15 is 0 Å². The maximum atomic E-state index is 12.0. The molecule has 104 valence electrons. The lowest BCUT2D eigenvalue weighted by Crippen LogP contribution is -2.49. The summed E-state index contributed by atoms with van der Waals surface area (Å²) >= 11 is 0. The molecule has 1 aromatic heterocycles. The minimum atomic E-state index is 0.261. The summed E-state index contributed by atoms with van der Waals surface area (Å²) in [5, 5.41) is 0. The van der Waals surface area contributed by atoms with Crippen LogP contribution >= 0.6 is 0 Å². The third-order valence-electron chi connectivity index (χ3n) is 3.38. The van der Waals surface area contributed by atoms with E-state index in [0.717, 1.165) is 31.9 Å². The Labute approximate surface area is 114 Å². The number of carbonyl (C=O) groups excluding carboxylic acids is 1. The van der Waals surface area contributed by atoms with E-state index in [1.54, 1.807) is 12.4 Å². The van der Waals surface area contributed by atoms with Gasteiger partial charge in [0.25, 0.3) is 0 Å². The highest BCUT2D eigenvalue weighted by Gasteiger charge is 2.22. The topological polar surface area (TPSA) is 62.5 Å². The van der Waals surface area contributed by atoms with Gasteiger partial charge in [-0.1, -0.05) is 13.8 Å². The lowest BCUT2D eigenvalue weighted by atomic mass is 10.1. The number of pyridine rings is 1. The Morgan fingerprint density at radius 2 is 2.05 bits per heavy atom. The van der Waals surface area contributed by atoms with Crippen molar-refractivity contribution < 1.29 is 4.79 Å². The van der Waals surface area contributed by atoms with Crippen LogP contribution in [0, 0.1) is 5.92 Å². The van der Waals surface area contributed by atoms with E-state index in [1.165, 1.54) is 0 Å². The molecule has 0 atom stereocenters. The number of hydrogen-bond donors (Lipinski definition) is 1. The zero-order valence-corrected chi connectivity index (χ0v) is 11.7. The average molecular weight is 262 g/mol. The van der Waals surface area contributed by atoms with E-state index in [4.69, 9.17) is 5.73 Å². The second-order valence-corrected chi connectivity index (χ2v) is 5.40. The minimum Gasteiger partial charge on any atom is -0.396 e. The Morgan fingerprint density at radius 3 is 2.63 bits per heavy atom. The Morgan fingerprint density at radius 1 is 1.37 bits per heavy atom. The van der Waals surface area contributed by atoms with Crippen molar-refractivity contribution in [3.8, 4) is 0 Å². The van der Waals surface area contributed by atoms with Crippen LogP contribution in [0.5, 0.6) is 0 Å². The minimum absolute atomic E-state index is 0.261. The van der Waals surface area contributed by atoms with Crippen molar-refractivity contribution in [2.45, 2.75) is 20.3 Å². The summed E-state index contributed by atoms with van der Waals surface area (Å²) in [6, 6.07) is 1.93. The van der Waals surface area contributed by atoms with Gasteiger partial charge in [0, 0.05) is 38.8 Å². The fourth-order valence-electron chi connectivity index (χ4n) is 2.36. The second kappa shape index (κ2) is 5.91. The fourth-order valence-corrected chi connectivity index (χ4v) is 2.36. The van der Waals surface area contributed by atoms with Crippen LogP contribution in [0.1, 0.15) is 20.3 Å². The fraction of sp³-hybridized carbons (Fsp3) is 0.571. The molecule has 1 aliphatic heterocycles.